The monoisotopic (exact) mass is 271 g/mol. The maximum atomic E-state index is 11.2. The van der Waals surface area contributed by atoms with E-state index < -0.39 is 5.97 Å². The molecule has 1 saturated heterocycles. The minimum Gasteiger partial charge on any atom is -0.478 e. The zero-order valence-corrected chi connectivity index (χ0v) is 13.2. The summed E-state index contributed by atoms with van der Waals surface area (Å²) < 4.78 is 0. The van der Waals surface area contributed by atoms with Crippen LogP contribution in [0.5, 0.6) is 0 Å². The van der Waals surface area contributed by atoms with Gasteiger partial charge < -0.3 is 5.11 Å². The first kappa shape index (κ1) is 15.1. The van der Waals surface area contributed by atoms with Crippen molar-refractivity contribution in [3.63, 3.8) is 0 Å². The van der Waals surface area contributed by atoms with Crippen LogP contribution in [0.15, 0.2) is 18.2 Å². The zero-order valence-electron chi connectivity index (χ0n) is 13.2. The van der Waals surface area contributed by atoms with Gasteiger partial charge in [0.1, 0.15) is 7.28 Å². The van der Waals surface area contributed by atoms with E-state index in [0.29, 0.717) is 11.4 Å². The van der Waals surface area contributed by atoms with E-state index in [-0.39, 0.29) is 10.7 Å². The summed E-state index contributed by atoms with van der Waals surface area (Å²) in [4.78, 5) is 11.2. The number of aromatic carboxylic acids is 1. The van der Waals surface area contributed by atoms with E-state index in [9.17, 15) is 9.90 Å². The van der Waals surface area contributed by atoms with E-state index in [1.165, 1.54) is 5.56 Å². The summed E-state index contributed by atoms with van der Waals surface area (Å²) >= 11 is 0. The molecule has 1 atom stereocenters. The van der Waals surface area contributed by atoms with E-state index in [1.54, 1.807) is 6.07 Å². The summed E-state index contributed by atoms with van der Waals surface area (Å²) in [6, 6.07) is 5.84. The smallest absolute Gasteiger partial charge is 0.335 e. The van der Waals surface area contributed by atoms with Crippen LogP contribution in [-0.4, -0.2) is 18.4 Å². The molecule has 1 aliphatic heterocycles. The summed E-state index contributed by atoms with van der Waals surface area (Å²) in [6.45, 7) is 11.2. The molecule has 2 nitrogen and oxygen atoms in total. The second-order valence-corrected chi connectivity index (χ2v) is 7.16. The van der Waals surface area contributed by atoms with Crippen molar-refractivity contribution in [3.05, 3.63) is 34.9 Å². The molecule has 1 N–H and O–H groups in total. The Morgan fingerprint density at radius 1 is 1.35 bits per heavy atom. The summed E-state index contributed by atoms with van der Waals surface area (Å²) in [5.41, 5.74) is 2.90. The Morgan fingerprint density at radius 3 is 2.45 bits per heavy atom. The molecule has 0 amide bonds. The Bertz CT molecular complexity index is 516. The van der Waals surface area contributed by atoms with Gasteiger partial charge in [-0.15, -0.1) is 0 Å². The van der Waals surface area contributed by atoms with Crippen LogP contribution in [0.2, 0.25) is 5.31 Å². The number of rotatable bonds is 3. The van der Waals surface area contributed by atoms with E-state index in [0.717, 1.165) is 18.4 Å². The van der Waals surface area contributed by atoms with Gasteiger partial charge in [-0.1, -0.05) is 57.6 Å². The summed E-state index contributed by atoms with van der Waals surface area (Å²) in [6.07, 6.45) is 1.88. The van der Waals surface area contributed by atoms with Crippen LogP contribution >= 0.6 is 0 Å². The number of benzene rings is 1. The highest BCUT2D eigenvalue weighted by Crippen LogP contribution is 2.57. The Labute approximate surface area is 122 Å². The lowest BCUT2D eigenvalue weighted by atomic mass is 9.47. The van der Waals surface area contributed by atoms with Crippen molar-refractivity contribution in [1.29, 1.82) is 0 Å². The normalized spacial score (nSPS) is 23.4. The van der Waals surface area contributed by atoms with Crippen molar-refractivity contribution in [2.75, 3.05) is 0 Å². The van der Waals surface area contributed by atoms with Crippen molar-refractivity contribution >= 4 is 13.2 Å². The van der Waals surface area contributed by atoms with E-state index >= 15 is 0 Å². The molecule has 0 bridgehead atoms. The van der Waals surface area contributed by atoms with Crippen LogP contribution in [0, 0.1) is 5.41 Å². The molecule has 1 unspecified atom stereocenters. The fourth-order valence-corrected chi connectivity index (χ4v) is 3.16. The quantitative estimate of drug-likeness (QED) is 0.831. The third-order valence-electron chi connectivity index (χ3n) is 5.26. The minimum atomic E-state index is -0.829. The van der Waals surface area contributed by atoms with Gasteiger partial charge in [0.25, 0.3) is 0 Å². The van der Waals surface area contributed by atoms with Gasteiger partial charge in [-0.25, -0.2) is 4.79 Å². The van der Waals surface area contributed by atoms with Gasteiger partial charge in [-0.2, -0.15) is 0 Å². The van der Waals surface area contributed by atoms with Crippen LogP contribution in [-0.2, 0) is 6.42 Å². The number of carboxylic acid groups (broad SMARTS) is 1. The zero-order chi connectivity index (χ0) is 15.1. The number of hydrogen-bond acceptors (Lipinski definition) is 1. The van der Waals surface area contributed by atoms with E-state index in [4.69, 9.17) is 0 Å². The molecule has 1 heterocycles. The lowest BCUT2D eigenvalue weighted by molar-refractivity contribution is 0.0695. The molecule has 0 aliphatic carbocycles. The Kier molecular flexibility index (Phi) is 3.74. The average Bonchev–Trinajstić information content (AvgIpc) is 2.57. The molecule has 3 heteroatoms. The van der Waals surface area contributed by atoms with E-state index in [1.807, 2.05) is 13.0 Å². The minimum absolute atomic E-state index is 0.204. The maximum Gasteiger partial charge on any atom is 0.335 e. The first-order valence-corrected chi connectivity index (χ1v) is 7.40. The predicted octanol–water partition coefficient (Wildman–Crippen LogP) is 4.32. The van der Waals surface area contributed by atoms with Crippen LogP contribution in [0.3, 0.4) is 0 Å². The fourth-order valence-electron chi connectivity index (χ4n) is 3.16. The molecule has 1 aromatic carbocycles. The average molecular weight is 271 g/mol. The predicted molar refractivity (Wildman–Crippen MR) is 83.7 cm³/mol. The lowest BCUT2D eigenvalue weighted by Gasteiger charge is -2.34. The first-order chi connectivity index (χ1) is 9.18. The Balaban J connectivity index is 2.34. The van der Waals surface area contributed by atoms with Crippen LogP contribution < -0.4 is 0 Å². The third kappa shape index (κ3) is 2.50. The maximum absolute atomic E-state index is 11.2. The van der Waals surface area contributed by atoms with Gasteiger partial charge in [0, 0.05) is 0 Å². The molecule has 2 rings (SSSR count). The molecule has 1 fully saturated rings. The largest absolute Gasteiger partial charge is 0.478 e. The van der Waals surface area contributed by atoms with Gasteiger partial charge in [-0.05, 0) is 35.7 Å². The molecular formula is C17H24BO2. The van der Waals surface area contributed by atoms with Crippen molar-refractivity contribution < 1.29 is 9.90 Å². The van der Waals surface area contributed by atoms with Crippen LogP contribution in [0.25, 0.3) is 0 Å². The highest BCUT2D eigenvalue weighted by molar-refractivity contribution is 6.43. The molecule has 0 saturated carbocycles. The number of aryl methyl sites for hydroxylation is 1. The Morgan fingerprint density at radius 2 is 2.00 bits per heavy atom. The lowest BCUT2D eigenvalue weighted by Crippen LogP contribution is -2.23. The highest BCUT2D eigenvalue weighted by Gasteiger charge is 2.47. The second kappa shape index (κ2) is 4.94. The topological polar surface area (TPSA) is 37.3 Å². The molecule has 1 radical (unpaired) electrons. The van der Waals surface area contributed by atoms with Gasteiger partial charge in [0.2, 0.25) is 0 Å². The van der Waals surface area contributed by atoms with Gasteiger partial charge in [-0.3, -0.25) is 0 Å². The van der Waals surface area contributed by atoms with Crippen molar-refractivity contribution in [1.82, 2.24) is 0 Å². The Hall–Kier alpha value is -1.25. The molecule has 1 aliphatic rings. The molecule has 0 aromatic heterocycles. The molecule has 20 heavy (non-hydrogen) atoms. The molecule has 107 valence electrons. The fraction of sp³-hybridized carbons (Fsp3) is 0.588. The molecular weight excluding hydrogens is 247 g/mol. The second-order valence-electron chi connectivity index (χ2n) is 7.16. The third-order valence-corrected chi connectivity index (χ3v) is 5.26. The summed E-state index contributed by atoms with van der Waals surface area (Å²) in [7, 11) is 2.43. The van der Waals surface area contributed by atoms with Gasteiger partial charge >= 0.3 is 5.97 Å². The van der Waals surface area contributed by atoms with Crippen LogP contribution in [0.4, 0.5) is 0 Å². The standard InChI is InChI=1S/C17H24BO2/c1-6-11-9-12(7-8-13(11)15(19)20)14-10-16(2,3)17(4,5)18-14/h7-9,14H,6,10H2,1-5H3,(H,19,20). The van der Waals surface area contributed by atoms with Crippen molar-refractivity contribution in [3.8, 4) is 0 Å². The number of carboxylic acids is 1. The van der Waals surface area contributed by atoms with Crippen molar-refractivity contribution in [2.45, 2.75) is 58.6 Å². The summed E-state index contributed by atoms with van der Waals surface area (Å²) in [5, 5.41) is 9.42. The molecule has 1 aromatic rings. The van der Waals surface area contributed by atoms with Crippen molar-refractivity contribution in [2.24, 2.45) is 5.41 Å². The highest BCUT2D eigenvalue weighted by atomic mass is 16.4. The number of carbonyl (C=O) groups is 1. The van der Waals surface area contributed by atoms with Crippen LogP contribution in [0.1, 0.15) is 68.3 Å². The molecule has 0 spiro atoms. The van der Waals surface area contributed by atoms with Gasteiger partial charge in [0.05, 0.1) is 5.56 Å². The van der Waals surface area contributed by atoms with Gasteiger partial charge in [0.15, 0.2) is 0 Å². The SMILES string of the molecule is CCc1cc(C2[B]C(C)(C)C(C)(C)C2)ccc1C(=O)O. The summed E-state index contributed by atoms with van der Waals surface area (Å²) in [5.74, 6) is -0.405. The van der Waals surface area contributed by atoms with E-state index in [2.05, 4.69) is 41.0 Å². The first-order valence-electron chi connectivity index (χ1n) is 7.40. The number of hydrogen-bond donors (Lipinski definition) is 1.